The third-order valence-corrected chi connectivity index (χ3v) is 7.80. The lowest BCUT2D eigenvalue weighted by atomic mass is 10.0. The van der Waals surface area contributed by atoms with Crippen molar-refractivity contribution >= 4 is 59.5 Å². The zero-order chi connectivity index (χ0) is 30.6. The number of allylic oxidation sites excluding steroid dienone is 4. The molecule has 0 saturated carbocycles. The first-order chi connectivity index (χ1) is 19.9. The quantitative estimate of drug-likeness (QED) is 0.300. The summed E-state index contributed by atoms with van der Waals surface area (Å²) in [6, 6.07) is 5.18. The summed E-state index contributed by atoms with van der Waals surface area (Å²) in [6.45, 7) is 5.83. The van der Waals surface area contributed by atoms with Crippen LogP contribution in [0.2, 0.25) is 0 Å². The van der Waals surface area contributed by atoms with E-state index in [1.807, 2.05) is 26.8 Å². The lowest BCUT2D eigenvalue weighted by Gasteiger charge is -2.23. The maximum absolute atomic E-state index is 14.4. The Morgan fingerprint density at radius 2 is 2.10 bits per heavy atom. The Bertz CT molecular complexity index is 1520. The van der Waals surface area contributed by atoms with Gasteiger partial charge in [0.1, 0.15) is 23.2 Å². The van der Waals surface area contributed by atoms with Crippen LogP contribution in [-0.4, -0.2) is 81.4 Å². The number of carbonyl (C=O) groups excluding carboxylic acids is 2. The fourth-order valence-corrected chi connectivity index (χ4v) is 5.80. The Morgan fingerprint density at radius 1 is 1.33 bits per heavy atom. The molecule has 1 aliphatic carbocycles. The highest BCUT2D eigenvalue weighted by atomic mass is 32.2. The van der Waals surface area contributed by atoms with Crippen LogP contribution in [0.1, 0.15) is 37.7 Å². The third-order valence-electron chi connectivity index (χ3n) is 6.28. The zero-order valence-corrected chi connectivity index (χ0v) is 25.9. The minimum atomic E-state index is -0.743. The van der Waals surface area contributed by atoms with Crippen molar-refractivity contribution in [2.24, 2.45) is 0 Å². The van der Waals surface area contributed by atoms with Crippen LogP contribution in [0.5, 0.6) is 5.88 Å². The molecule has 11 nitrogen and oxygen atoms in total. The van der Waals surface area contributed by atoms with Crippen LogP contribution >= 0.6 is 24.4 Å². The molecule has 4 rings (SSSR count). The number of nitrogens with one attached hydrogen (secondary N) is 2. The number of ether oxygens (including phenoxy) is 2. The molecule has 1 aliphatic heterocycles. The number of rotatable bonds is 5. The van der Waals surface area contributed by atoms with Crippen LogP contribution in [-0.2, 0) is 4.74 Å². The van der Waals surface area contributed by atoms with Gasteiger partial charge in [0.05, 0.1) is 43.4 Å². The van der Waals surface area contributed by atoms with E-state index in [0.29, 0.717) is 35.8 Å². The fraction of sp³-hybridized carbons (Fsp3) is 0.393. The molecule has 4 N–H and O–H groups in total. The number of halogens is 1. The number of carbonyl (C=O) groups is 2. The maximum atomic E-state index is 14.4. The standard InChI is InChI=1S/C28H34FN7O4S2/c1-28(2,3)40-27(38)35-10-9-34(16-42-11-8-24(35)41)20-6-7-21(36-22(20)14-23(33-36)39-5)26(37)32-18-12-17(15-31-4)25(30)19(29)13-18/h6-7,10,12-15,24,30-31H,8-9,11,16H2,1-5H3,(H-,32,37,41)/p+2/b17-15-,30-25?,35-10+/t24-/m1/s1. The van der Waals surface area contributed by atoms with Gasteiger partial charge in [0.2, 0.25) is 11.3 Å². The molecular formula is C28H36FN7O4S2+2. The van der Waals surface area contributed by atoms with E-state index in [4.69, 9.17) is 14.9 Å². The lowest BCUT2D eigenvalue weighted by molar-refractivity contribution is -0.556. The molecule has 0 aromatic carbocycles. The highest BCUT2D eigenvalue weighted by molar-refractivity contribution is 7.99. The van der Waals surface area contributed by atoms with Gasteiger partial charge in [-0.2, -0.15) is 4.79 Å². The molecule has 224 valence electrons. The lowest BCUT2D eigenvalue weighted by Crippen LogP contribution is -2.73. The molecular weight excluding hydrogens is 581 g/mol. The second kappa shape index (κ2) is 13.1. The highest BCUT2D eigenvalue weighted by Gasteiger charge is 2.32. The van der Waals surface area contributed by atoms with E-state index in [2.05, 4.69) is 27.9 Å². The monoisotopic (exact) mass is 617 g/mol. The van der Waals surface area contributed by atoms with Gasteiger partial charge in [-0.15, -0.1) is 34.1 Å². The predicted molar refractivity (Wildman–Crippen MR) is 165 cm³/mol. The summed E-state index contributed by atoms with van der Waals surface area (Å²) in [5.41, 5.74) is 1.25. The summed E-state index contributed by atoms with van der Waals surface area (Å²) < 4.78 is 28.4. The van der Waals surface area contributed by atoms with Crippen LogP contribution in [0, 0.1) is 5.41 Å². The maximum Gasteiger partial charge on any atom is 0.597 e. The van der Waals surface area contributed by atoms with E-state index in [-0.39, 0.29) is 22.5 Å². The normalized spacial score (nSPS) is 20.6. The number of fused-ring (bicyclic) bond motifs is 1. The second-order valence-corrected chi connectivity index (χ2v) is 12.2. The number of aromatic nitrogens is 2. The van der Waals surface area contributed by atoms with Crippen molar-refractivity contribution in [3.8, 4) is 5.88 Å². The number of thiol groups is 1. The predicted octanol–water partition coefficient (Wildman–Crippen LogP) is 3.10. The molecule has 2 aliphatic rings. The molecule has 0 fully saturated rings. The van der Waals surface area contributed by atoms with E-state index in [0.717, 1.165) is 17.5 Å². The number of thioether (sulfide) groups is 1. The van der Waals surface area contributed by atoms with Gasteiger partial charge in [0.25, 0.3) is 5.91 Å². The van der Waals surface area contributed by atoms with Crippen LogP contribution in [0.15, 0.2) is 53.6 Å². The molecule has 2 aromatic heterocycles. The van der Waals surface area contributed by atoms with Gasteiger partial charge in [-0.05, 0) is 45.1 Å². The van der Waals surface area contributed by atoms with Crippen LogP contribution < -0.4 is 20.3 Å². The fourth-order valence-electron chi connectivity index (χ4n) is 4.33. The number of quaternary nitrogens is 1. The van der Waals surface area contributed by atoms with E-state index < -0.39 is 23.4 Å². The van der Waals surface area contributed by atoms with Crippen LogP contribution in [0.3, 0.4) is 0 Å². The molecule has 42 heavy (non-hydrogen) atoms. The number of hydrogen-bond acceptors (Lipinski definition) is 9. The smallest absolute Gasteiger partial charge is 0.480 e. The Hall–Kier alpha value is -3.62. The summed E-state index contributed by atoms with van der Waals surface area (Å²) in [5, 5.41) is 16.5. The van der Waals surface area contributed by atoms with Gasteiger partial charge < -0.3 is 25.0 Å². The van der Waals surface area contributed by atoms with E-state index in [1.165, 1.54) is 16.2 Å². The van der Waals surface area contributed by atoms with Crippen molar-refractivity contribution < 1.29 is 33.3 Å². The number of nitrogens with two attached hydrogens (primary N) is 1. The summed E-state index contributed by atoms with van der Waals surface area (Å²) in [4.78, 5) is 28.4. The van der Waals surface area contributed by atoms with Gasteiger partial charge in [-0.3, -0.25) is 10.2 Å². The van der Waals surface area contributed by atoms with E-state index in [9.17, 15) is 14.0 Å². The Balaban J connectivity index is 1.68. The topological polar surface area (TPSA) is 129 Å². The average molecular weight is 618 g/mol. The molecule has 1 atom stereocenters. The Morgan fingerprint density at radius 3 is 2.79 bits per heavy atom. The largest absolute Gasteiger partial charge is 0.597 e. The van der Waals surface area contributed by atoms with Crippen molar-refractivity contribution in [1.82, 2.24) is 14.9 Å². The first-order valence-corrected chi connectivity index (χ1v) is 15.0. The first-order valence-electron chi connectivity index (χ1n) is 13.3. The van der Waals surface area contributed by atoms with Gasteiger partial charge in [0, 0.05) is 23.9 Å². The molecule has 0 saturated heterocycles. The van der Waals surface area contributed by atoms with E-state index >= 15 is 0 Å². The number of pyridine rings is 1. The second-order valence-electron chi connectivity index (χ2n) is 10.6. The zero-order valence-electron chi connectivity index (χ0n) is 24.2. The minimum absolute atomic E-state index is 0.201. The molecule has 2 aromatic rings. The minimum Gasteiger partial charge on any atom is -0.480 e. The SMILES string of the molecule is C[NH2+]/C=C1/C=C(NC(=O)c2ccc(N3C/C=[N+](/C(=O)OC(C)(C)C)[C@H](S)CCSC3)c3cc(OC)nn23)C=C(F)C1=N. The number of anilines is 1. The van der Waals surface area contributed by atoms with Gasteiger partial charge in [-0.1, -0.05) is 0 Å². The number of amides is 2. The molecule has 14 heteroatoms. The summed E-state index contributed by atoms with van der Waals surface area (Å²) in [7, 11) is 3.26. The van der Waals surface area contributed by atoms with Gasteiger partial charge in [0.15, 0.2) is 12.0 Å². The molecule has 0 spiro atoms. The first kappa shape index (κ1) is 31.3. The molecule has 0 unspecified atom stereocenters. The summed E-state index contributed by atoms with van der Waals surface area (Å²) in [6.07, 6.45) is 6.24. The van der Waals surface area contributed by atoms with Crippen LogP contribution in [0.25, 0.3) is 5.52 Å². The highest BCUT2D eigenvalue weighted by Crippen LogP contribution is 2.29. The molecule has 3 heterocycles. The third kappa shape index (κ3) is 7.23. The summed E-state index contributed by atoms with van der Waals surface area (Å²) >= 11 is 6.36. The van der Waals surface area contributed by atoms with Crippen molar-refractivity contribution in [3.05, 3.63) is 59.3 Å². The number of methoxy groups -OCH3 is 1. The van der Waals surface area contributed by atoms with Crippen molar-refractivity contribution in [1.29, 1.82) is 5.41 Å². The van der Waals surface area contributed by atoms with Gasteiger partial charge in [-0.25, -0.2) is 8.91 Å². The molecule has 0 bridgehead atoms. The van der Waals surface area contributed by atoms with Crippen molar-refractivity contribution in [2.75, 3.05) is 37.2 Å². The molecule has 2 amide bonds. The van der Waals surface area contributed by atoms with E-state index in [1.54, 1.807) is 54.7 Å². The molecule has 0 radical (unpaired) electrons. The summed E-state index contributed by atoms with van der Waals surface area (Å²) in [5.74, 6) is 0.427. The number of nitrogens with zero attached hydrogens (tertiary/aromatic N) is 4. The average Bonchev–Trinajstić information content (AvgIpc) is 3.38. The van der Waals surface area contributed by atoms with Crippen LogP contribution in [0.4, 0.5) is 14.9 Å². The Labute approximate surface area is 253 Å². The van der Waals surface area contributed by atoms with Gasteiger partial charge >= 0.3 is 6.09 Å². The number of hydrogen-bond donors (Lipinski definition) is 4. The van der Waals surface area contributed by atoms with Crippen molar-refractivity contribution in [2.45, 2.75) is 38.2 Å². The Kier molecular flexibility index (Phi) is 9.79. The van der Waals surface area contributed by atoms with Crippen molar-refractivity contribution in [3.63, 3.8) is 0 Å².